The summed E-state index contributed by atoms with van der Waals surface area (Å²) < 4.78 is 6.18. The predicted molar refractivity (Wildman–Crippen MR) is 79.9 cm³/mol. The normalized spacial score (nSPS) is 21.3. The van der Waals surface area contributed by atoms with E-state index in [9.17, 15) is 0 Å². The molecule has 1 fully saturated rings. The number of aryl methyl sites for hydroxylation is 1. The molecule has 2 heteroatoms. The van der Waals surface area contributed by atoms with E-state index in [1.165, 1.54) is 56.2 Å². The molecule has 0 radical (unpaired) electrons. The third-order valence-electron chi connectivity index (χ3n) is 4.67. The maximum Gasteiger partial charge on any atom is 0.142 e. The van der Waals surface area contributed by atoms with Crippen LogP contribution in [0.5, 0.6) is 5.75 Å². The Labute approximate surface area is 116 Å². The Bertz CT molecular complexity index is 435. The zero-order valence-electron chi connectivity index (χ0n) is 12.0. The molecule has 1 heterocycles. The topological polar surface area (TPSA) is 21.3 Å². The van der Waals surface area contributed by atoms with Crippen molar-refractivity contribution in [3.63, 3.8) is 0 Å². The van der Waals surface area contributed by atoms with Gasteiger partial charge in [0.25, 0.3) is 0 Å². The number of rotatable bonds is 3. The SMILES string of the molecule is CC1(COc2cccc3c2NCCC3)CCCCC1. The van der Waals surface area contributed by atoms with Gasteiger partial charge in [-0.3, -0.25) is 0 Å². The zero-order valence-corrected chi connectivity index (χ0v) is 12.0. The second-order valence-corrected chi connectivity index (χ2v) is 6.48. The van der Waals surface area contributed by atoms with E-state index >= 15 is 0 Å². The minimum Gasteiger partial charge on any atom is -0.491 e. The average Bonchev–Trinajstić information content (AvgIpc) is 2.46. The first-order valence-corrected chi connectivity index (χ1v) is 7.75. The Kier molecular flexibility index (Phi) is 3.67. The van der Waals surface area contributed by atoms with E-state index in [-0.39, 0.29) is 0 Å². The number of nitrogens with one attached hydrogen (secondary N) is 1. The molecule has 2 nitrogen and oxygen atoms in total. The van der Waals surface area contributed by atoms with E-state index in [0.29, 0.717) is 5.41 Å². The summed E-state index contributed by atoms with van der Waals surface area (Å²) in [6.45, 7) is 4.32. The van der Waals surface area contributed by atoms with Crippen LogP contribution in [0.4, 0.5) is 5.69 Å². The lowest BCUT2D eigenvalue weighted by atomic mass is 9.76. The van der Waals surface area contributed by atoms with E-state index in [2.05, 4.69) is 30.4 Å². The smallest absolute Gasteiger partial charge is 0.142 e. The molecule has 0 aromatic heterocycles. The molecular formula is C17H25NO. The van der Waals surface area contributed by atoms with Gasteiger partial charge in [0.15, 0.2) is 0 Å². The summed E-state index contributed by atoms with van der Waals surface area (Å²) >= 11 is 0. The first-order valence-electron chi connectivity index (χ1n) is 7.75. The second kappa shape index (κ2) is 5.44. The molecule has 1 aromatic carbocycles. The van der Waals surface area contributed by atoms with Gasteiger partial charge in [0.2, 0.25) is 0 Å². The van der Waals surface area contributed by atoms with Crippen LogP contribution in [0.15, 0.2) is 18.2 Å². The van der Waals surface area contributed by atoms with E-state index in [0.717, 1.165) is 18.9 Å². The van der Waals surface area contributed by atoms with Crippen molar-refractivity contribution in [2.45, 2.75) is 51.9 Å². The molecule has 0 amide bonds. The van der Waals surface area contributed by atoms with Crippen LogP contribution in [0, 0.1) is 5.41 Å². The number of hydrogen-bond acceptors (Lipinski definition) is 2. The Morgan fingerprint density at radius 1 is 1.16 bits per heavy atom. The van der Waals surface area contributed by atoms with Crippen molar-refractivity contribution < 1.29 is 4.74 Å². The average molecular weight is 259 g/mol. The van der Waals surface area contributed by atoms with E-state index in [1.54, 1.807) is 0 Å². The van der Waals surface area contributed by atoms with Gasteiger partial charge < -0.3 is 10.1 Å². The Morgan fingerprint density at radius 3 is 2.84 bits per heavy atom. The van der Waals surface area contributed by atoms with Crippen LogP contribution >= 0.6 is 0 Å². The maximum atomic E-state index is 6.18. The highest BCUT2D eigenvalue weighted by molar-refractivity contribution is 5.63. The number of fused-ring (bicyclic) bond motifs is 1. The van der Waals surface area contributed by atoms with Gasteiger partial charge >= 0.3 is 0 Å². The molecule has 1 aliphatic heterocycles. The summed E-state index contributed by atoms with van der Waals surface area (Å²) in [7, 11) is 0. The van der Waals surface area contributed by atoms with Crippen LogP contribution < -0.4 is 10.1 Å². The highest BCUT2D eigenvalue weighted by Crippen LogP contribution is 2.38. The van der Waals surface area contributed by atoms with Crippen molar-refractivity contribution >= 4 is 5.69 Å². The van der Waals surface area contributed by atoms with Crippen molar-refractivity contribution in [3.8, 4) is 5.75 Å². The molecule has 0 unspecified atom stereocenters. The zero-order chi connectivity index (χ0) is 13.1. The Hall–Kier alpha value is -1.18. The van der Waals surface area contributed by atoms with Gasteiger partial charge in [-0.25, -0.2) is 0 Å². The highest BCUT2D eigenvalue weighted by Gasteiger charge is 2.28. The summed E-state index contributed by atoms with van der Waals surface area (Å²) in [5.41, 5.74) is 3.04. The van der Waals surface area contributed by atoms with Crippen LogP contribution in [0.1, 0.15) is 51.0 Å². The predicted octanol–water partition coefficient (Wildman–Crippen LogP) is 4.39. The van der Waals surface area contributed by atoms with Gasteiger partial charge in [0.05, 0.1) is 12.3 Å². The van der Waals surface area contributed by atoms with Crippen molar-refractivity contribution in [2.24, 2.45) is 5.41 Å². The first-order chi connectivity index (χ1) is 9.27. The molecule has 19 heavy (non-hydrogen) atoms. The monoisotopic (exact) mass is 259 g/mol. The van der Waals surface area contributed by atoms with Crippen LogP contribution in [-0.2, 0) is 6.42 Å². The second-order valence-electron chi connectivity index (χ2n) is 6.48. The van der Waals surface area contributed by atoms with Crippen molar-refractivity contribution in [1.29, 1.82) is 0 Å². The van der Waals surface area contributed by atoms with Gasteiger partial charge in [-0.2, -0.15) is 0 Å². The van der Waals surface area contributed by atoms with Crippen LogP contribution in [0.25, 0.3) is 0 Å². The molecular weight excluding hydrogens is 234 g/mol. The van der Waals surface area contributed by atoms with Gasteiger partial charge in [-0.1, -0.05) is 38.3 Å². The minimum absolute atomic E-state index is 0.385. The third-order valence-corrected chi connectivity index (χ3v) is 4.67. The van der Waals surface area contributed by atoms with Crippen LogP contribution in [0.3, 0.4) is 0 Å². The van der Waals surface area contributed by atoms with Crippen molar-refractivity contribution in [2.75, 3.05) is 18.5 Å². The summed E-state index contributed by atoms with van der Waals surface area (Å²) in [6, 6.07) is 6.46. The quantitative estimate of drug-likeness (QED) is 0.869. The van der Waals surface area contributed by atoms with E-state index in [4.69, 9.17) is 4.74 Å². The summed E-state index contributed by atoms with van der Waals surface area (Å²) in [6.07, 6.45) is 9.17. The number of ether oxygens (including phenoxy) is 1. The summed E-state index contributed by atoms with van der Waals surface area (Å²) in [5, 5.41) is 3.51. The van der Waals surface area contributed by atoms with E-state index in [1.807, 2.05) is 0 Å². The number of hydrogen-bond donors (Lipinski definition) is 1. The van der Waals surface area contributed by atoms with Crippen LogP contribution in [-0.4, -0.2) is 13.2 Å². The molecule has 0 bridgehead atoms. The van der Waals surface area contributed by atoms with Crippen LogP contribution in [0.2, 0.25) is 0 Å². The van der Waals surface area contributed by atoms with Gasteiger partial charge in [0, 0.05) is 12.0 Å². The minimum atomic E-state index is 0.385. The largest absolute Gasteiger partial charge is 0.491 e. The molecule has 1 N–H and O–H groups in total. The van der Waals surface area contributed by atoms with Crippen molar-refractivity contribution in [3.05, 3.63) is 23.8 Å². The number of anilines is 1. The summed E-state index contributed by atoms with van der Waals surface area (Å²) in [5.74, 6) is 1.06. The first kappa shape index (κ1) is 12.8. The molecule has 1 aromatic rings. The fourth-order valence-electron chi connectivity index (χ4n) is 3.40. The summed E-state index contributed by atoms with van der Waals surface area (Å²) in [4.78, 5) is 0. The third kappa shape index (κ3) is 2.88. The molecule has 104 valence electrons. The molecule has 3 rings (SSSR count). The molecule has 0 atom stereocenters. The number of para-hydroxylation sites is 1. The fourth-order valence-corrected chi connectivity index (χ4v) is 3.40. The Balaban J connectivity index is 1.69. The lowest BCUT2D eigenvalue weighted by Gasteiger charge is -2.33. The Morgan fingerprint density at radius 2 is 2.00 bits per heavy atom. The number of benzene rings is 1. The molecule has 1 aliphatic carbocycles. The van der Waals surface area contributed by atoms with Gasteiger partial charge in [-0.15, -0.1) is 0 Å². The highest BCUT2D eigenvalue weighted by atomic mass is 16.5. The standard InChI is InChI=1S/C17H25NO/c1-17(10-3-2-4-11-17)13-19-15-9-5-7-14-8-6-12-18-16(14)15/h5,7,9,18H,2-4,6,8,10-13H2,1H3. The lowest BCUT2D eigenvalue weighted by Crippen LogP contribution is -2.28. The molecule has 1 saturated carbocycles. The van der Waals surface area contributed by atoms with Gasteiger partial charge in [0.1, 0.15) is 5.75 Å². The molecule has 2 aliphatic rings. The van der Waals surface area contributed by atoms with E-state index < -0.39 is 0 Å². The maximum absolute atomic E-state index is 6.18. The van der Waals surface area contributed by atoms with Crippen molar-refractivity contribution in [1.82, 2.24) is 0 Å². The molecule has 0 spiro atoms. The lowest BCUT2D eigenvalue weighted by molar-refractivity contribution is 0.116. The molecule has 0 saturated heterocycles. The fraction of sp³-hybridized carbons (Fsp3) is 0.647. The van der Waals surface area contributed by atoms with Gasteiger partial charge in [-0.05, 0) is 37.3 Å².